The third-order valence-electron chi connectivity index (χ3n) is 3.22. The normalized spacial score (nSPS) is 16.1. The monoisotopic (exact) mass is 317 g/mol. The predicted molar refractivity (Wildman–Crippen MR) is 70.0 cm³/mol. The van der Waals surface area contributed by atoms with E-state index in [0.29, 0.717) is 30.6 Å². The van der Waals surface area contributed by atoms with E-state index in [1.807, 2.05) is 0 Å². The Balaban J connectivity index is 1.61. The second-order valence-electron chi connectivity index (χ2n) is 4.89. The zero-order valence-electron chi connectivity index (χ0n) is 10.8. The first kappa shape index (κ1) is 14.1. The van der Waals surface area contributed by atoms with Crippen molar-refractivity contribution in [3.8, 4) is 0 Å². The summed E-state index contributed by atoms with van der Waals surface area (Å²) >= 11 is 5.77. The molecule has 1 saturated heterocycles. The maximum Gasteiger partial charge on any atom is 0.433 e. The number of hydrogen-bond donors (Lipinski definition) is 0. The molecule has 2 aromatic rings. The summed E-state index contributed by atoms with van der Waals surface area (Å²) in [7, 11) is 0. The minimum Gasteiger partial charge on any atom is -0.340 e. The topological polar surface area (TPSA) is 46.8 Å². The van der Waals surface area contributed by atoms with Crippen LogP contribution in [-0.4, -0.2) is 32.8 Å². The number of anilines is 1. The predicted octanol–water partition coefficient (Wildman–Crippen LogP) is 2.48. The van der Waals surface area contributed by atoms with Gasteiger partial charge in [0.1, 0.15) is 5.69 Å². The molecule has 0 N–H and O–H groups in total. The van der Waals surface area contributed by atoms with Crippen LogP contribution in [0, 0.1) is 5.92 Å². The van der Waals surface area contributed by atoms with Crippen molar-refractivity contribution in [2.45, 2.75) is 12.7 Å². The molecule has 0 unspecified atom stereocenters. The van der Waals surface area contributed by atoms with Crippen molar-refractivity contribution in [3.63, 3.8) is 0 Å². The summed E-state index contributed by atoms with van der Waals surface area (Å²) in [4.78, 5) is 9.16. The molecule has 5 nitrogen and oxygen atoms in total. The molecule has 9 heteroatoms. The Morgan fingerprint density at radius 1 is 1.33 bits per heavy atom. The molecule has 0 aromatic carbocycles. The highest BCUT2D eigenvalue weighted by molar-refractivity contribution is 6.30. The van der Waals surface area contributed by atoms with Crippen LogP contribution >= 0.6 is 11.6 Å². The fourth-order valence-electron chi connectivity index (χ4n) is 2.21. The Hall–Kier alpha value is -1.83. The standard InChI is InChI=1S/C12H11ClF3N5/c13-9-3-18-21(7-9)6-8-4-20(5-8)11-17-2-1-10(19-11)12(14,15)16/h1-3,7-8H,4-6H2. The Morgan fingerprint density at radius 3 is 2.71 bits per heavy atom. The molecule has 0 radical (unpaired) electrons. The smallest absolute Gasteiger partial charge is 0.340 e. The number of aromatic nitrogens is 4. The molecule has 1 fully saturated rings. The van der Waals surface area contributed by atoms with Gasteiger partial charge in [0.2, 0.25) is 5.95 Å². The van der Waals surface area contributed by atoms with E-state index in [9.17, 15) is 13.2 Å². The summed E-state index contributed by atoms with van der Waals surface area (Å²) in [5.74, 6) is 0.402. The summed E-state index contributed by atoms with van der Waals surface area (Å²) in [6.07, 6.45) is -0.0571. The van der Waals surface area contributed by atoms with Gasteiger partial charge in [0.05, 0.1) is 11.2 Å². The largest absolute Gasteiger partial charge is 0.433 e. The third-order valence-corrected chi connectivity index (χ3v) is 3.42. The van der Waals surface area contributed by atoms with Crippen molar-refractivity contribution in [1.29, 1.82) is 0 Å². The molecule has 0 aliphatic carbocycles. The molecule has 0 saturated carbocycles. The van der Waals surface area contributed by atoms with Gasteiger partial charge in [-0.3, -0.25) is 4.68 Å². The minimum atomic E-state index is -4.45. The Labute approximate surface area is 123 Å². The zero-order chi connectivity index (χ0) is 15.0. The minimum absolute atomic E-state index is 0.111. The fourth-order valence-corrected chi connectivity index (χ4v) is 2.37. The van der Waals surface area contributed by atoms with Crippen LogP contribution in [-0.2, 0) is 12.7 Å². The van der Waals surface area contributed by atoms with Crippen molar-refractivity contribution in [3.05, 3.63) is 35.4 Å². The first-order valence-corrected chi connectivity index (χ1v) is 6.63. The average Bonchev–Trinajstić information content (AvgIpc) is 2.78. The lowest BCUT2D eigenvalue weighted by molar-refractivity contribution is -0.141. The van der Waals surface area contributed by atoms with Gasteiger partial charge < -0.3 is 4.90 Å². The maximum atomic E-state index is 12.6. The van der Waals surface area contributed by atoms with E-state index in [2.05, 4.69) is 15.1 Å². The van der Waals surface area contributed by atoms with Crippen LogP contribution in [0.4, 0.5) is 19.1 Å². The maximum absolute atomic E-state index is 12.6. The fraction of sp³-hybridized carbons (Fsp3) is 0.417. The highest BCUT2D eigenvalue weighted by Crippen LogP contribution is 2.29. The van der Waals surface area contributed by atoms with Gasteiger partial charge in [-0.05, 0) is 6.07 Å². The van der Waals surface area contributed by atoms with Gasteiger partial charge in [-0.25, -0.2) is 9.97 Å². The summed E-state index contributed by atoms with van der Waals surface area (Å²) in [6, 6.07) is 0.868. The first-order chi connectivity index (χ1) is 9.91. The zero-order valence-corrected chi connectivity index (χ0v) is 11.5. The molecule has 112 valence electrons. The van der Waals surface area contributed by atoms with Gasteiger partial charge in [0.25, 0.3) is 0 Å². The summed E-state index contributed by atoms with van der Waals surface area (Å²) in [5, 5.41) is 4.63. The molecule has 3 heterocycles. The molecule has 2 aromatic heterocycles. The van der Waals surface area contributed by atoms with Crippen LogP contribution in [0.5, 0.6) is 0 Å². The lowest BCUT2D eigenvalue weighted by Crippen LogP contribution is -2.49. The van der Waals surface area contributed by atoms with Gasteiger partial charge in [-0.15, -0.1) is 0 Å². The van der Waals surface area contributed by atoms with Crippen LogP contribution in [0.15, 0.2) is 24.7 Å². The van der Waals surface area contributed by atoms with Crippen LogP contribution in [0.1, 0.15) is 5.69 Å². The van der Waals surface area contributed by atoms with E-state index < -0.39 is 11.9 Å². The van der Waals surface area contributed by atoms with Crippen molar-refractivity contribution >= 4 is 17.5 Å². The molecule has 0 spiro atoms. The summed E-state index contributed by atoms with van der Waals surface area (Å²) in [6.45, 7) is 1.86. The van der Waals surface area contributed by atoms with Crippen molar-refractivity contribution in [2.24, 2.45) is 5.92 Å². The lowest BCUT2D eigenvalue weighted by Gasteiger charge is -2.39. The quantitative estimate of drug-likeness (QED) is 0.872. The van der Waals surface area contributed by atoms with Gasteiger partial charge in [-0.1, -0.05) is 11.6 Å². The average molecular weight is 318 g/mol. The van der Waals surface area contributed by atoms with E-state index in [0.717, 1.165) is 12.3 Å². The second-order valence-corrected chi connectivity index (χ2v) is 5.33. The van der Waals surface area contributed by atoms with E-state index in [-0.39, 0.29) is 5.95 Å². The van der Waals surface area contributed by atoms with E-state index >= 15 is 0 Å². The molecule has 1 aliphatic heterocycles. The van der Waals surface area contributed by atoms with Gasteiger partial charge in [0, 0.05) is 37.9 Å². The highest BCUT2D eigenvalue weighted by Gasteiger charge is 2.35. The van der Waals surface area contributed by atoms with Crippen LogP contribution in [0.2, 0.25) is 5.02 Å². The summed E-state index contributed by atoms with van der Waals surface area (Å²) in [5.41, 5.74) is -0.921. The lowest BCUT2D eigenvalue weighted by atomic mass is 10.0. The molecule has 0 bridgehead atoms. The van der Waals surface area contributed by atoms with Gasteiger partial charge >= 0.3 is 6.18 Å². The van der Waals surface area contributed by atoms with Crippen molar-refractivity contribution in [2.75, 3.05) is 18.0 Å². The van der Waals surface area contributed by atoms with Crippen molar-refractivity contribution in [1.82, 2.24) is 19.7 Å². The SMILES string of the molecule is FC(F)(F)c1ccnc(N2CC(Cn3cc(Cl)cn3)C2)n1. The molecule has 21 heavy (non-hydrogen) atoms. The highest BCUT2D eigenvalue weighted by atomic mass is 35.5. The summed E-state index contributed by atoms with van der Waals surface area (Å²) < 4.78 is 39.5. The van der Waals surface area contributed by atoms with Crippen molar-refractivity contribution < 1.29 is 13.2 Å². The van der Waals surface area contributed by atoms with Crippen LogP contribution < -0.4 is 4.90 Å². The number of alkyl halides is 3. The number of rotatable bonds is 3. The molecule has 0 amide bonds. The molecular formula is C12H11ClF3N5. The van der Waals surface area contributed by atoms with E-state index in [1.54, 1.807) is 22.0 Å². The van der Waals surface area contributed by atoms with Gasteiger partial charge in [0.15, 0.2) is 0 Å². The van der Waals surface area contributed by atoms with Crippen LogP contribution in [0.25, 0.3) is 0 Å². The van der Waals surface area contributed by atoms with Gasteiger partial charge in [-0.2, -0.15) is 18.3 Å². The van der Waals surface area contributed by atoms with Crippen LogP contribution in [0.3, 0.4) is 0 Å². The Bertz CT molecular complexity index is 636. The Morgan fingerprint density at radius 2 is 2.10 bits per heavy atom. The number of halogens is 4. The van der Waals surface area contributed by atoms with E-state index in [4.69, 9.17) is 11.6 Å². The Kier molecular flexibility index (Phi) is 3.48. The number of hydrogen-bond acceptors (Lipinski definition) is 4. The van der Waals surface area contributed by atoms with E-state index in [1.165, 1.54) is 0 Å². The molecule has 3 rings (SSSR count). The second kappa shape index (κ2) is 5.18. The number of nitrogens with zero attached hydrogens (tertiary/aromatic N) is 5. The first-order valence-electron chi connectivity index (χ1n) is 6.25. The molecule has 1 aliphatic rings. The third kappa shape index (κ3) is 3.10. The molecular weight excluding hydrogens is 307 g/mol. The molecule has 0 atom stereocenters.